The second-order valence-electron chi connectivity index (χ2n) is 7.96. The highest BCUT2D eigenvalue weighted by Crippen LogP contribution is 2.38. The standard InChI is InChI=1S/C23H24ClF9N2O/c1-3-5-35(6-4-2)19-11-18(24)20(36-23(31,32)33)9-15(19)13-34-12-14-7-16(21(25,26)27)10-17(8-14)22(28,29)30/h7-11,34H,3-6,12-13H2,1-2H3. The van der Waals surface area contributed by atoms with E-state index in [2.05, 4.69) is 10.1 Å². The molecule has 0 bridgehead atoms. The van der Waals surface area contributed by atoms with E-state index in [1.54, 1.807) is 0 Å². The van der Waals surface area contributed by atoms with Gasteiger partial charge in [0.1, 0.15) is 5.75 Å². The molecule has 0 radical (unpaired) electrons. The predicted octanol–water partition coefficient (Wildman–Crippen LogP) is 8.19. The van der Waals surface area contributed by atoms with E-state index >= 15 is 0 Å². The molecule has 0 spiro atoms. The maximum absolute atomic E-state index is 13.1. The first-order chi connectivity index (χ1) is 16.5. The summed E-state index contributed by atoms with van der Waals surface area (Å²) in [7, 11) is 0. The van der Waals surface area contributed by atoms with Crippen LogP contribution in [0.1, 0.15) is 48.9 Å². The monoisotopic (exact) mass is 550 g/mol. The van der Waals surface area contributed by atoms with Gasteiger partial charge in [0.25, 0.3) is 0 Å². The Bertz CT molecular complexity index is 982. The number of rotatable bonds is 10. The summed E-state index contributed by atoms with van der Waals surface area (Å²) < 4.78 is 121. The van der Waals surface area contributed by atoms with Crippen LogP contribution >= 0.6 is 11.6 Å². The first-order valence-corrected chi connectivity index (χ1v) is 11.2. The molecular weight excluding hydrogens is 527 g/mol. The van der Waals surface area contributed by atoms with E-state index in [1.165, 1.54) is 6.07 Å². The Kier molecular flexibility index (Phi) is 9.80. The molecule has 0 aliphatic heterocycles. The maximum Gasteiger partial charge on any atom is 0.573 e. The molecule has 13 heteroatoms. The van der Waals surface area contributed by atoms with Crippen LogP contribution in [0.25, 0.3) is 0 Å². The normalized spacial score (nSPS) is 12.7. The lowest BCUT2D eigenvalue weighted by molar-refractivity contribution is -0.274. The number of nitrogens with one attached hydrogen (secondary N) is 1. The highest BCUT2D eigenvalue weighted by Gasteiger charge is 2.37. The van der Waals surface area contributed by atoms with E-state index in [9.17, 15) is 39.5 Å². The van der Waals surface area contributed by atoms with Crippen molar-refractivity contribution in [3.8, 4) is 5.75 Å². The Hall–Kier alpha value is -2.34. The third kappa shape index (κ3) is 8.65. The van der Waals surface area contributed by atoms with Gasteiger partial charge in [-0.3, -0.25) is 0 Å². The van der Waals surface area contributed by atoms with Crippen molar-refractivity contribution in [3.63, 3.8) is 0 Å². The number of hydrogen-bond acceptors (Lipinski definition) is 3. The lowest BCUT2D eigenvalue weighted by Gasteiger charge is -2.27. The van der Waals surface area contributed by atoms with Gasteiger partial charge >= 0.3 is 18.7 Å². The molecule has 0 aliphatic carbocycles. The Morgan fingerprint density at radius 2 is 1.31 bits per heavy atom. The summed E-state index contributed by atoms with van der Waals surface area (Å²) in [6.45, 7) is 4.29. The second-order valence-corrected chi connectivity index (χ2v) is 8.37. The highest BCUT2D eigenvalue weighted by molar-refractivity contribution is 6.32. The molecule has 0 heterocycles. The summed E-state index contributed by atoms with van der Waals surface area (Å²) in [6, 6.07) is 3.56. The quantitative estimate of drug-likeness (QED) is 0.302. The van der Waals surface area contributed by atoms with Gasteiger partial charge in [-0.05, 0) is 54.3 Å². The third-order valence-electron chi connectivity index (χ3n) is 4.98. The zero-order valence-electron chi connectivity index (χ0n) is 19.3. The molecule has 0 unspecified atom stereocenters. The van der Waals surface area contributed by atoms with Crippen LogP contribution in [0.5, 0.6) is 5.75 Å². The molecule has 2 rings (SSSR count). The lowest BCUT2D eigenvalue weighted by atomic mass is 10.0. The zero-order chi connectivity index (χ0) is 27.3. The molecule has 3 nitrogen and oxygen atoms in total. The molecular formula is C23H24ClF9N2O. The van der Waals surface area contributed by atoms with Gasteiger partial charge < -0.3 is 15.0 Å². The number of nitrogens with zero attached hydrogens (tertiary/aromatic N) is 1. The number of ether oxygens (including phenoxy) is 1. The second kappa shape index (κ2) is 11.8. The van der Waals surface area contributed by atoms with Crippen LogP contribution in [0.4, 0.5) is 45.2 Å². The van der Waals surface area contributed by atoms with Crippen molar-refractivity contribution < 1.29 is 44.3 Å². The van der Waals surface area contributed by atoms with E-state index in [1.807, 2.05) is 18.7 Å². The van der Waals surface area contributed by atoms with Crippen molar-refractivity contribution in [2.45, 2.75) is 58.5 Å². The van der Waals surface area contributed by atoms with Gasteiger partial charge in [-0.25, -0.2) is 0 Å². The lowest BCUT2D eigenvalue weighted by Crippen LogP contribution is -2.27. The largest absolute Gasteiger partial charge is 0.573 e. The summed E-state index contributed by atoms with van der Waals surface area (Å²) in [5.74, 6) is -0.670. The minimum atomic E-state index is -5.02. The molecule has 0 atom stereocenters. The van der Waals surface area contributed by atoms with Crippen LogP contribution in [0.2, 0.25) is 5.02 Å². The number of alkyl halides is 9. The van der Waals surface area contributed by atoms with Crippen LogP contribution in [-0.2, 0) is 25.4 Å². The van der Waals surface area contributed by atoms with Crippen LogP contribution in [0.15, 0.2) is 30.3 Å². The average Bonchev–Trinajstić information content (AvgIpc) is 2.73. The van der Waals surface area contributed by atoms with E-state index in [-0.39, 0.29) is 28.8 Å². The van der Waals surface area contributed by atoms with E-state index in [0.29, 0.717) is 43.8 Å². The van der Waals surface area contributed by atoms with Crippen molar-refractivity contribution in [1.82, 2.24) is 5.32 Å². The number of halogens is 10. The van der Waals surface area contributed by atoms with Gasteiger partial charge in [-0.2, -0.15) is 26.3 Å². The maximum atomic E-state index is 13.1. The van der Waals surface area contributed by atoms with Crippen molar-refractivity contribution in [2.75, 3.05) is 18.0 Å². The third-order valence-corrected chi connectivity index (χ3v) is 5.27. The topological polar surface area (TPSA) is 24.5 Å². The smallest absolute Gasteiger partial charge is 0.404 e. The average molecular weight is 551 g/mol. The zero-order valence-corrected chi connectivity index (χ0v) is 20.0. The SMILES string of the molecule is CCCN(CCC)c1cc(Cl)c(OC(F)(F)F)cc1CNCc1cc(C(F)(F)F)cc(C(F)(F)F)c1. The molecule has 0 saturated carbocycles. The van der Waals surface area contributed by atoms with Gasteiger partial charge in [0.15, 0.2) is 0 Å². The van der Waals surface area contributed by atoms with Gasteiger partial charge in [0, 0.05) is 31.9 Å². The summed E-state index contributed by atoms with van der Waals surface area (Å²) in [4.78, 5) is 1.88. The van der Waals surface area contributed by atoms with Crippen LogP contribution in [0, 0.1) is 0 Å². The summed E-state index contributed by atoms with van der Waals surface area (Å²) in [5, 5.41) is 2.43. The predicted molar refractivity (Wildman–Crippen MR) is 118 cm³/mol. The van der Waals surface area contributed by atoms with Gasteiger partial charge in [0.2, 0.25) is 0 Å². The fourth-order valence-corrected chi connectivity index (χ4v) is 3.78. The highest BCUT2D eigenvalue weighted by atomic mass is 35.5. The molecule has 202 valence electrons. The van der Waals surface area contributed by atoms with Gasteiger partial charge in [0.05, 0.1) is 16.1 Å². The molecule has 2 aromatic rings. The number of anilines is 1. The number of benzene rings is 2. The minimum Gasteiger partial charge on any atom is -0.404 e. The first kappa shape index (κ1) is 29.9. The molecule has 1 N–H and O–H groups in total. The molecule has 2 aromatic carbocycles. The fraction of sp³-hybridized carbons (Fsp3) is 0.478. The Labute approximate surface area is 207 Å². The van der Waals surface area contributed by atoms with E-state index in [4.69, 9.17) is 11.6 Å². The van der Waals surface area contributed by atoms with Crippen molar-refractivity contribution in [1.29, 1.82) is 0 Å². The van der Waals surface area contributed by atoms with Crippen LogP contribution < -0.4 is 15.0 Å². The van der Waals surface area contributed by atoms with Gasteiger partial charge in [-0.15, -0.1) is 13.2 Å². The molecule has 0 aliphatic rings. The van der Waals surface area contributed by atoms with Crippen molar-refractivity contribution in [3.05, 3.63) is 57.6 Å². The van der Waals surface area contributed by atoms with Crippen LogP contribution in [-0.4, -0.2) is 19.5 Å². The Morgan fingerprint density at radius 1 is 0.778 bits per heavy atom. The molecule has 0 saturated heterocycles. The fourth-order valence-electron chi connectivity index (χ4n) is 3.58. The Balaban J connectivity index is 2.40. The Morgan fingerprint density at radius 3 is 1.75 bits per heavy atom. The van der Waals surface area contributed by atoms with Crippen molar-refractivity contribution in [2.24, 2.45) is 0 Å². The summed E-state index contributed by atoms with van der Waals surface area (Å²) in [6.07, 6.45) is -13.6. The van der Waals surface area contributed by atoms with Gasteiger partial charge in [-0.1, -0.05) is 25.4 Å². The first-order valence-electron chi connectivity index (χ1n) is 10.9. The molecule has 36 heavy (non-hydrogen) atoms. The summed E-state index contributed by atoms with van der Waals surface area (Å²) >= 11 is 6.02. The van der Waals surface area contributed by atoms with Crippen molar-refractivity contribution >= 4 is 17.3 Å². The van der Waals surface area contributed by atoms with E-state index in [0.717, 1.165) is 6.07 Å². The molecule has 0 amide bonds. The molecule has 0 fully saturated rings. The molecule has 0 aromatic heterocycles. The van der Waals surface area contributed by atoms with E-state index < -0.39 is 42.1 Å². The summed E-state index contributed by atoms with van der Waals surface area (Å²) in [5.41, 5.74) is -2.45. The number of hydrogen-bond donors (Lipinski definition) is 1. The van der Waals surface area contributed by atoms with Crippen LogP contribution in [0.3, 0.4) is 0 Å². The minimum absolute atomic E-state index is 0.0227.